The third-order valence-electron chi connectivity index (χ3n) is 3.88. The predicted molar refractivity (Wildman–Crippen MR) is 97.5 cm³/mol. The molecular formula is C18H19N5OS. The molecular weight excluding hydrogens is 334 g/mol. The van der Waals surface area contributed by atoms with Gasteiger partial charge in [0, 0.05) is 35.4 Å². The first-order valence-corrected chi connectivity index (χ1v) is 8.76. The van der Waals surface area contributed by atoms with Gasteiger partial charge in [-0.15, -0.1) is 11.3 Å². The van der Waals surface area contributed by atoms with Crippen LogP contribution in [0, 0.1) is 20.8 Å². The zero-order valence-corrected chi connectivity index (χ0v) is 15.4. The molecule has 1 unspecified atom stereocenters. The number of nitrogens with one attached hydrogen (secondary N) is 1. The second-order valence-corrected chi connectivity index (χ2v) is 7.02. The normalized spacial score (nSPS) is 12.0. The molecule has 1 N–H and O–H groups in total. The number of aromatic nitrogens is 4. The maximum Gasteiger partial charge on any atom is 0.263 e. The van der Waals surface area contributed by atoms with Crippen LogP contribution in [0.4, 0.5) is 0 Å². The van der Waals surface area contributed by atoms with Gasteiger partial charge in [-0.1, -0.05) is 0 Å². The van der Waals surface area contributed by atoms with Gasteiger partial charge >= 0.3 is 0 Å². The van der Waals surface area contributed by atoms with Crippen LogP contribution >= 0.6 is 11.3 Å². The Bertz CT molecular complexity index is 907. The summed E-state index contributed by atoms with van der Waals surface area (Å²) in [5.41, 5.74) is 3.40. The topological polar surface area (TPSA) is 80.7 Å². The molecule has 0 bridgehead atoms. The number of amides is 1. The standard InChI is InChI=1S/C18H19N5OS/c1-10-15(9-20-17(22-10)14-5-7-19-8-6-14)11(2)23-18(24)16-12(3)21-13(4)25-16/h5-9,11H,1-4H3,(H,23,24). The fourth-order valence-corrected chi connectivity index (χ4v) is 3.45. The van der Waals surface area contributed by atoms with E-state index >= 15 is 0 Å². The van der Waals surface area contributed by atoms with Gasteiger partial charge in [0.1, 0.15) is 4.88 Å². The van der Waals surface area contributed by atoms with Crippen molar-refractivity contribution >= 4 is 17.2 Å². The van der Waals surface area contributed by atoms with Gasteiger partial charge in [-0.2, -0.15) is 0 Å². The number of hydrogen-bond donors (Lipinski definition) is 1. The first kappa shape index (κ1) is 17.2. The average Bonchev–Trinajstić information content (AvgIpc) is 2.94. The Kier molecular flexibility index (Phi) is 4.85. The van der Waals surface area contributed by atoms with Crippen molar-refractivity contribution in [3.05, 3.63) is 57.6 Å². The van der Waals surface area contributed by atoms with Crippen LogP contribution in [0.25, 0.3) is 11.4 Å². The minimum absolute atomic E-state index is 0.117. The maximum atomic E-state index is 12.5. The average molecular weight is 353 g/mol. The Morgan fingerprint density at radius 3 is 2.44 bits per heavy atom. The second-order valence-electron chi connectivity index (χ2n) is 5.81. The zero-order valence-electron chi connectivity index (χ0n) is 14.6. The summed E-state index contributed by atoms with van der Waals surface area (Å²) in [5, 5.41) is 3.89. The van der Waals surface area contributed by atoms with Gasteiger partial charge in [0.2, 0.25) is 0 Å². The van der Waals surface area contributed by atoms with Crippen molar-refractivity contribution in [1.82, 2.24) is 25.3 Å². The van der Waals surface area contributed by atoms with Gasteiger partial charge in [-0.05, 0) is 39.8 Å². The van der Waals surface area contributed by atoms with Crippen molar-refractivity contribution < 1.29 is 4.79 Å². The van der Waals surface area contributed by atoms with Crippen molar-refractivity contribution in [1.29, 1.82) is 0 Å². The predicted octanol–water partition coefficient (Wildman–Crippen LogP) is 3.41. The molecule has 1 amide bonds. The van der Waals surface area contributed by atoms with Crippen LogP contribution < -0.4 is 5.32 Å². The van der Waals surface area contributed by atoms with Gasteiger partial charge in [0.25, 0.3) is 5.91 Å². The minimum atomic E-state index is -0.194. The highest BCUT2D eigenvalue weighted by molar-refractivity contribution is 7.13. The number of rotatable bonds is 4. The molecule has 6 nitrogen and oxygen atoms in total. The second kappa shape index (κ2) is 7.06. The molecule has 3 aromatic rings. The van der Waals surface area contributed by atoms with E-state index in [2.05, 4.69) is 25.3 Å². The van der Waals surface area contributed by atoms with E-state index in [0.29, 0.717) is 10.7 Å². The largest absolute Gasteiger partial charge is 0.345 e. The molecule has 0 aliphatic heterocycles. The van der Waals surface area contributed by atoms with Crippen molar-refractivity contribution in [2.75, 3.05) is 0 Å². The molecule has 0 aliphatic rings. The van der Waals surface area contributed by atoms with Crippen LogP contribution in [0.2, 0.25) is 0 Å². The summed E-state index contributed by atoms with van der Waals surface area (Å²) in [6.07, 6.45) is 5.20. The van der Waals surface area contributed by atoms with Crippen LogP contribution in [-0.2, 0) is 0 Å². The van der Waals surface area contributed by atoms with Crippen molar-refractivity contribution in [2.45, 2.75) is 33.7 Å². The molecule has 0 aromatic carbocycles. The summed E-state index contributed by atoms with van der Waals surface area (Å²) in [7, 11) is 0. The van der Waals surface area contributed by atoms with Crippen molar-refractivity contribution in [2.24, 2.45) is 0 Å². The summed E-state index contributed by atoms with van der Waals surface area (Å²) in [6.45, 7) is 7.60. The number of hydrogen-bond acceptors (Lipinski definition) is 6. The molecule has 0 saturated carbocycles. The van der Waals surface area contributed by atoms with Gasteiger partial charge in [0.15, 0.2) is 5.82 Å². The lowest BCUT2D eigenvalue weighted by atomic mass is 10.1. The van der Waals surface area contributed by atoms with Crippen molar-refractivity contribution in [3.8, 4) is 11.4 Å². The number of carbonyl (C=O) groups excluding carboxylic acids is 1. The van der Waals surface area contributed by atoms with E-state index in [-0.39, 0.29) is 11.9 Å². The van der Waals surface area contributed by atoms with Crippen LogP contribution in [0.15, 0.2) is 30.7 Å². The molecule has 3 aromatic heterocycles. The van der Waals surface area contributed by atoms with E-state index in [0.717, 1.165) is 27.5 Å². The van der Waals surface area contributed by atoms with Crippen molar-refractivity contribution in [3.63, 3.8) is 0 Å². The Morgan fingerprint density at radius 1 is 1.12 bits per heavy atom. The first-order valence-electron chi connectivity index (χ1n) is 7.94. The number of pyridine rings is 1. The Hall–Kier alpha value is -2.67. The first-order chi connectivity index (χ1) is 12.0. The van der Waals surface area contributed by atoms with E-state index in [9.17, 15) is 4.79 Å². The lowest BCUT2D eigenvalue weighted by molar-refractivity contribution is 0.0943. The number of aryl methyl sites for hydroxylation is 3. The fraction of sp³-hybridized carbons (Fsp3) is 0.278. The lowest BCUT2D eigenvalue weighted by Crippen LogP contribution is -2.27. The highest BCUT2D eigenvalue weighted by atomic mass is 32.1. The van der Waals surface area contributed by atoms with E-state index in [1.165, 1.54) is 11.3 Å². The molecule has 25 heavy (non-hydrogen) atoms. The zero-order chi connectivity index (χ0) is 18.0. The lowest BCUT2D eigenvalue weighted by Gasteiger charge is -2.16. The Balaban J connectivity index is 1.79. The summed E-state index contributed by atoms with van der Waals surface area (Å²) < 4.78 is 0. The van der Waals surface area contributed by atoms with Gasteiger partial charge in [-0.25, -0.2) is 15.0 Å². The molecule has 3 heterocycles. The SMILES string of the molecule is Cc1nc(C)c(C(=O)NC(C)c2cnc(-c3ccncc3)nc2C)s1. The van der Waals surface area contributed by atoms with Crippen LogP contribution in [0.1, 0.15) is 44.6 Å². The van der Waals surface area contributed by atoms with Gasteiger partial charge in [-0.3, -0.25) is 9.78 Å². The van der Waals surface area contributed by atoms with E-state index in [1.807, 2.05) is 39.8 Å². The Labute approximate surface area is 150 Å². The summed E-state index contributed by atoms with van der Waals surface area (Å²) >= 11 is 1.40. The molecule has 0 radical (unpaired) electrons. The monoisotopic (exact) mass is 353 g/mol. The smallest absolute Gasteiger partial charge is 0.263 e. The summed E-state index contributed by atoms with van der Waals surface area (Å²) in [5.74, 6) is 0.532. The number of nitrogens with zero attached hydrogens (tertiary/aromatic N) is 4. The highest BCUT2D eigenvalue weighted by Gasteiger charge is 2.18. The molecule has 0 spiro atoms. The third kappa shape index (κ3) is 3.71. The molecule has 3 rings (SSSR count). The molecule has 0 saturated heterocycles. The van der Waals surface area contributed by atoms with E-state index < -0.39 is 0 Å². The van der Waals surface area contributed by atoms with Crippen LogP contribution in [0.5, 0.6) is 0 Å². The molecule has 7 heteroatoms. The third-order valence-corrected chi connectivity index (χ3v) is 4.95. The van der Waals surface area contributed by atoms with E-state index in [4.69, 9.17) is 0 Å². The number of thiazole rings is 1. The highest BCUT2D eigenvalue weighted by Crippen LogP contribution is 2.22. The van der Waals surface area contributed by atoms with Crippen LogP contribution in [-0.4, -0.2) is 25.8 Å². The molecule has 128 valence electrons. The minimum Gasteiger partial charge on any atom is -0.345 e. The van der Waals surface area contributed by atoms with E-state index in [1.54, 1.807) is 18.6 Å². The van der Waals surface area contributed by atoms with Gasteiger partial charge < -0.3 is 5.32 Å². The molecule has 0 fully saturated rings. The fourth-order valence-electron chi connectivity index (χ4n) is 2.62. The summed E-state index contributed by atoms with van der Waals surface area (Å²) in [4.78, 5) is 30.4. The number of carbonyl (C=O) groups is 1. The van der Waals surface area contributed by atoms with Gasteiger partial charge in [0.05, 0.1) is 16.7 Å². The molecule has 0 aliphatic carbocycles. The maximum absolute atomic E-state index is 12.5. The Morgan fingerprint density at radius 2 is 1.84 bits per heavy atom. The molecule has 1 atom stereocenters. The quantitative estimate of drug-likeness (QED) is 0.777. The van der Waals surface area contributed by atoms with Crippen LogP contribution in [0.3, 0.4) is 0 Å². The summed E-state index contributed by atoms with van der Waals surface area (Å²) in [6, 6.07) is 3.55.